The molecule has 116 valence electrons. The Morgan fingerprint density at radius 1 is 1.09 bits per heavy atom. The molecule has 0 radical (unpaired) electrons. The van der Waals surface area contributed by atoms with Crippen molar-refractivity contribution in [1.29, 1.82) is 0 Å². The van der Waals surface area contributed by atoms with Crippen molar-refractivity contribution >= 4 is 15.2 Å². The van der Waals surface area contributed by atoms with E-state index in [0.717, 1.165) is 0 Å². The summed E-state index contributed by atoms with van der Waals surface area (Å²) in [4.78, 5) is 43.2. The van der Waals surface area contributed by atoms with Gasteiger partial charge in [0.15, 0.2) is 12.7 Å². The van der Waals surface area contributed by atoms with Crippen LogP contribution in [0.25, 0.3) is 0 Å². The Balaban J connectivity index is -0.000000540. The zero-order valence-electron chi connectivity index (χ0n) is 14.4. The summed E-state index contributed by atoms with van der Waals surface area (Å²) in [6.07, 6.45) is -0.225. The van der Waals surface area contributed by atoms with E-state index in [1.807, 2.05) is 20.8 Å². The maximum atomic E-state index is 11.0. The molecule has 0 aliphatic rings. The van der Waals surface area contributed by atoms with Crippen LogP contribution in [0.2, 0.25) is 0 Å². The summed E-state index contributed by atoms with van der Waals surface area (Å²) in [5.41, 5.74) is -0.376. The number of hydrogen-bond donors (Lipinski definition) is 2. The molecule has 0 rings (SSSR count). The van der Waals surface area contributed by atoms with Gasteiger partial charge in [-0.3, -0.25) is 0 Å². The first-order chi connectivity index (χ1) is 8.19. The SMILES string of the molecule is CCC(C)(C)N(C)CCC(O)(P(=O)([O-])[O-])P(=O)([O-])O.[Na+].[Na+].[Na+]. The van der Waals surface area contributed by atoms with Crippen molar-refractivity contribution in [3.05, 3.63) is 0 Å². The number of hydrogen-bond acceptors (Lipinski definition) is 7. The molecule has 2 N–H and O–H groups in total. The predicted molar refractivity (Wildman–Crippen MR) is 64.0 cm³/mol. The van der Waals surface area contributed by atoms with Crippen LogP contribution < -0.4 is 103 Å². The van der Waals surface area contributed by atoms with Crippen LogP contribution in [-0.2, 0) is 9.13 Å². The molecule has 0 fully saturated rings. The fourth-order valence-corrected chi connectivity index (χ4v) is 3.32. The number of aliphatic hydroxyl groups is 1. The van der Waals surface area contributed by atoms with Gasteiger partial charge >= 0.3 is 88.7 Å². The predicted octanol–water partition coefficient (Wildman–Crippen LogP) is -10.4. The van der Waals surface area contributed by atoms with Crippen molar-refractivity contribution < 1.29 is 122 Å². The van der Waals surface area contributed by atoms with Gasteiger partial charge < -0.3 is 38.7 Å². The first-order valence-electron chi connectivity index (χ1n) is 5.68. The summed E-state index contributed by atoms with van der Waals surface area (Å²) in [6, 6.07) is 0. The van der Waals surface area contributed by atoms with Crippen LogP contribution in [0.1, 0.15) is 33.6 Å². The molecule has 0 spiro atoms. The third-order valence-electron chi connectivity index (χ3n) is 3.57. The zero-order chi connectivity index (χ0) is 15.7. The zero-order valence-corrected chi connectivity index (χ0v) is 22.2. The van der Waals surface area contributed by atoms with Gasteiger partial charge in [-0.25, -0.2) is 0 Å². The van der Waals surface area contributed by atoms with Gasteiger partial charge in [0, 0.05) is 18.5 Å². The summed E-state index contributed by atoms with van der Waals surface area (Å²) in [5, 5.41) is 5.86. The molecular weight excluding hydrogens is 365 g/mol. The minimum atomic E-state index is -5.92. The van der Waals surface area contributed by atoms with Gasteiger partial charge in [0.2, 0.25) is 0 Å². The van der Waals surface area contributed by atoms with Crippen molar-refractivity contribution in [1.82, 2.24) is 4.90 Å². The Bertz CT molecular complexity index is 390. The van der Waals surface area contributed by atoms with E-state index >= 15 is 0 Å². The van der Waals surface area contributed by atoms with Crippen molar-refractivity contribution in [3.8, 4) is 0 Å². The van der Waals surface area contributed by atoms with E-state index in [0.29, 0.717) is 6.42 Å². The maximum Gasteiger partial charge on any atom is 1.00 e. The fraction of sp³-hybridized carbons (Fsp3) is 1.00. The average Bonchev–Trinajstić information content (AvgIpc) is 2.21. The van der Waals surface area contributed by atoms with Crippen LogP contribution >= 0.6 is 15.2 Å². The van der Waals surface area contributed by atoms with Crippen molar-refractivity contribution in [3.63, 3.8) is 0 Å². The number of rotatable bonds is 7. The molecule has 0 aromatic carbocycles. The van der Waals surface area contributed by atoms with E-state index in [1.54, 1.807) is 11.9 Å². The molecule has 22 heavy (non-hydrogen) atoms. The summed E-state index contributed by atoms with van der Waals surface area (Å²) in [6.45, 7) is 5.35. The van der Waals surface area contributed by atoms with E-state index < -0.39 is 26.7 Å². The van der Waals surface area contributed by atoms with Gasteiger partial charge in [-0.05, 0) is 34.9 Å². The van der Waals surface area contributed by atoms with Crippen LogP contribution in [0.5, 0.6) is 0 Å². The first kappa shape index (κ1) is 32.9. The summed E-state index contributed by atoms with van der Waals surface area (Å²) in [5.74, 6) is 0. The molecule has 0 bridgehead atoms. The van der Waals surface area contributed by atoms with Gasteiger partial charge in [0.1, 0.15) is 0 Å². The normalized spacial score (nSPS) is 17.4. The molecular formula is C9H20NNa3O7P2. The largest absolute Gasteiger partial charge is 1.00 e. The third-order valence-corrected chi connectivity index (χ3v) is 7.29. The average molecular weight is 385 g/mol. The van der Waals surface area contributed by atoms with Crippen molar-refractivity contribution in [2.75, 3.05) is 13.6 Å². The number of nitrogens with zero attached hydrogens (tertiary/aromatic N) is 1. The van der Waals surface area contributed by atoms with Gasteiger partial charge in [-0.1, -0.05) is 6.92 Å². The van der Waals surface area contributed by atoms with Gasteiger partial charge in [-0.15, -0.1) is 0 Å². The minimum absolute atomic E-state index is 0. The van der Waals surface area contributed by atoms with Crippen LogP contribution in [0, 0.1) is 0 Å². The van der Waals surface area contributed by atoms with Crippen molar-refractivity contribution in [2.24, 2.45) is 0 Å². The quantitative estimate of drug-likeness (QED) is 0.324. The van der Waals surface area contributed by atoms with Crippen molar-refractivity contribution in [2.45, 2.75) is 44.2 Å². The van der Waals surface area contributed by atoms with E-state index in [1.165, 1.54) is 0 Å². The van der Waals surface area contributed by atoms with Gasteiger partial charge in [-0.2, -0.15) is 0 Å². The Hall–Kier alpha value is 3.22. The Morgan fingerprint density at radius 3 is 1.68 bits per heavy atom. The molecule has 0 aromatic rings. The second-order valence-electron chi connectivity index (χ2n) is 5.13. The Morgan fingerprint density at radius 2 is 1.45 bits per heavy atom. The van der Waals surface area contributed by atoms with Crippen LogP contribution in [-0.4, -0.2) is 39.1 Å². The molecule has 2 atom stereocenters. The maximum absolute atomic E-state index is 11.0. The smallest absolute Gasteiger partial charge is 0.808 e. The van der Waals surface area contributed by atoms with E-state index in [2.05, 4.69) is 0 Å². The molecule has 2 unspecified atom stereocenters. The molecule has 0 amide bonds. The van der Waals surface area contributed by atoms with Gasteiger partial charge in [0.05, 0.1) is 0 Å². The fourth-order valence-electron chi connectivity index (χ4n) is 1.32. The monoisotopic (exact) mass is 385 g/mol. The Labute approximate surface area is 198 Å². The molecule has 0 heterocycles. The molecule has 8 nitrogen and oxygen atoms in total. The van der Waals surface area contributed by atoms with E-state index in [9.17, 15) is 28.9 Å². The molecule has 0 saturated heterocycles. The van der Waals surface area contributed by atoms with Crippen LogP contribution in [0.3, 0.4) is 0 Å². The summed E-state index contributed by atoms with van der Waals surface area (Å²) < 4.78 is 21.9. The Kier molecular flexibility index (Phi) is 17.7. The third kappa shape index (κ3) is 8.74. The summed E-state index contributed by atoms with van der Waals surface area (Å²) >= 11 is 0. The minimum Gasteiger partial charge on any atom is -0.808 e. The van der Waals surface area contributed by atoms with E-state index in [4.69, 9.17) is 4.89 Å². The standard InChI is InChI=1S/C9H23NO7P2.3Na/c1-5-8(2,3)10(4)7-6-9(11,18(12,13)14)19(15,16)17;;;/h11H,5-7H2,1-4H3,(H2,12,13,14)(H2,15,16,17);;;/q;3*+1/p-3. The summed E-state index contributed by atoms with van der Waals surface area (Å²) in [7, 11) is -10.1. The van der Waals surface area contributed by atoms with Gasteiger partial charge in [0.25, 0.3) is 0 Å². The second-order valence-corrected chi connectivity index (χ2v) is 9.00. The molecule has 0 aliphatic carbocycles. The molecule has 0 aromatic heterocycles. The molecule has 0 aliphatic heterocycles. The van der Waals surface area contributed by atoms with Crippen LogP contribution in [0.4, 0.5) is 0 Å². The van der Waals surface area contributed by atoms with Crippen LogP contribution in [0.15, 0.2) is 0 Å². The molecule has 13 heteroatoms. The molecule has 0 saturated carbocycles. The topological polar surface area (TPSA) is 147 Å². The first-order valence-corrected chi connectivity index (χ1v) is 8.81. The van der Waals surface area contributed by atoms with E-state index in [-0.39, 0.29) is 101 Å². The second kappa shape index (κ2) is 11.8.